The number of rotatable bonds is 1. The summed E-state index contributed by atoms with van der Waals surface area (Å²) in [6, 6.07) is 0.246. The minimum atomic E-state index is 0.00387. The SMILES string of the molecule is CN1CCN(C2NC(=O)CC(C(C)(C)C)N2)CC1. The highest BCUT2D eigenvalue weighted by Crippen LogP contribution is 2.24. The first-order chi connectivity index (χ1) is 8.36. The maximum Gasteiger partial charge on any atom is 0.223 e. The van der Waals surface area contributed by atoms with Crippen LogP contribution in [0.25, 0.3) is 0 Å². The molecule has 2 aliphatic heterocycles. The number of amides is 1. The average Bonchev–Trinajstić information content (AvgIpc) is 2.28. The molecule has 2 N–H and O–H groups in total. The number of nitrogens with zero attached hydrogens (tertiary/aromatic N) is 2. The molecule has 2 unspecified atom stereocenters. The number of hydrogen-bond acceptors (Lipinski definition) is 4. The van der Waals surface area contributed by atoms with Crippen LogP contribution >= 0.6 is 0 Å². The third-order valence-corrected chi connectivity index (χ3v) is 3.99. The van der Waals surface area contributed by atoms with Crippen molar-refractivity contribution in [3.63, 3.8) is 0 Å². The van der Waals surface area contributed by atoms with E-state index in [-0.39, 0.29) is 23.7 Å². The van der Waals surface area contributed by atoms with Gasteiger partial charge in [0, 0.05) is 38.6 Å². The standard InChI is InChI=1S/C13H26N4O/c1-13(2,3)10-9-11(18)15-12(14-10)17-7-5-16(4)6-8-17/h10,12,14H,5-9H2,1-4H3,(H,15,18). The number of carbonyl (C=O) groups excluding carboxylic acids is 1. The molecule has 2 fully saturated rings. The molecule has 1 amide bonds. The largest absolute Gasteiger partial charge is 0.328 e. The lowest BCUT2D eigenvalue weighted by molar-refractivity contribution is -0.128. The second kappa shape index (κ2) is 5.15. The molecule has 0 aromatic carbocycles. The van der Waals surface area contributed by atoms with Crippen molar-refractivity contribution in [2.45, 2.75) is 39.5 Å². The van der Waals surface area contributed by atoms with E-state index in [2.05, 4.69) is 48.3 Å². The Balaban J connectivity index is 1.98. The van der Waals surface area contributed by atoms with Crippen molar-refractivity contribution in [3.05, 3.63) is 0 Å². The first kappa shape index (κ1) is 13.8. The predicted octanol–water partition coefficient (Wildman–Crippen LogP) is 0.0416. The Morgan fingerprint density at radius 3 is 2.33 bits per heavy atom. The van der Waals surface area contributed by atoms with E-state index in [0.717, 1.165) is 26.2 Å². The molecular weight excluding hydrogens is 228 g/mol. The highest BCUT2D eigenvalue weighted by atomic mass is 16.2. The van der Waals surface area contributed by atoms with Crippen molar-refractivity contribution in [3.8, 4) is 0 Å². The number of piperazine rings is 1. The van der Waals surface area contributed by atoms with E-state index in [1.165, 1.54) is 0 Å². The molecule has 5 heteroatoms. The lowest BCUT2D eigenvalue weighted by Crippen LogP contribution is -2.68. The summed E-state index contributed by atoms with van der Waals surface area (Å²) in [6.07, 6.45) is 0.581. The van der Waals surface area contributed by atoms with E-state index in [1.807, 2.05) is 0 Å². The molecule has 0 aromatic rings. The highest BCUT2D eigenvalue weighted by Gasteiger charge is 2.36. The fourth-order valence-corrected chi connectivity index (χ4v) is 2.52. The maximum atomic E-state index is 11.8. The van der Waals surface area contributed by atoms with E-state index < -0.39 is 0 Å². The van der Waals surface area contributed by atoms with E-state index >= 15 is 0 Å². The third kappa shape index (κ3) is 3.22. The Bertz CT molecular complexity index is 305. The van der Waals surface area contributed by atoms with Crippen molar-refractivity contribution in [1.29, 1.82) is 0 Å². The van der Waals surface area contributed by atoms with Crippen molar-refractivity contribution in [2.75, 3.05) is 33.2 Å². The van der Waals surface area contributed by atoms with Crippen LogP contribution in [0.3, 0.4) is 0 Å². The molecule has 0 aromatic heterocycles. The van der Waals surface area contributed by atoms with Gasteiger partial charge >= 0.3 is 0 Å². The van der Waals surface area contributed by atoms with Gasteiger partial charge in [-0.3, -0.25) is 15.0 Å². The van der Waals surface area contributed by atoms with Crippen molar-refractivity contribution >= 4 is 5.91 Å². The van der Waals surface area contributed by atoms with Crippen LogP contribution in [0.4, 0.5) is 0 Å². The van der Waals surface area contributed by atoms with E-state index in [0.29, 0.717) is 6.42 Å². The summed E-state index contributed by atoms with van der Waals surface area (Å²) < 4.78 is 0. The van der Waals surface area contributed by atoms with Crippen LogP contribution in [0.5, 0.6) is 0 Å². The molecule has 104 valence electrons. The van der Waals surface area contributed by atoms with Gasteiger partial charge < -0.3 is 10.2 Å². The first-order valence-corrected chi connectivity index (χ1v) is 6.84. The second-order valence-electron chi connectivity index (χ2n) is 6.60. The van der Waals surface area contributed by atoms with Gasteiger partial charge in [0.2, 0.25) is 5.91 Å². The number of carbonyl (C=O) groups is 1. The summed E-state index contributed by atoms with van der Waals surface area (Å²) in [4.78, 5) is 16.5. The summed E-state index contributed by atoms with van der Waals surface area (Å²) in [7, 11) is 2.14. The third-order valence-electron chi connectivity index (χ3n) is 3.99. The van der Waals surface area contributed by atoms with Crippen LogP contribution < -0.4 is 10.6 Å². The molecule has 5 nitrogen and oxygen atoms in total. The van der Waals surface area contributed by atoms with Gasteiger partial charge in [0.1, 0.15) is 6.29 Å². The Labute approximate surface area is 110 Å². The van der Waals surface area contributed by atoms with Crippen LogP contribution in [-0.2, 0) is 4.79 Å². The number of nitrogens with one attached hydrogen (secondary N) is 2. The molecule has 0 spiro atoms. The van der Waals surface area contributed by atoms with Gasteiger partial charge in [0.15, 0.2) is 0 Å². The van der Waals surface area contributed by atoms with E-state index in [9.17, 15) is 4.79 Å². The summed E-state index contributed by atoms with van der Waals surface area (Å²) in [5.74, 6) is 0.164. The molecule has 2 aliphatic rings. The smallest absolute Gasteiger partial charge is 0.223 e. The Morgan fingerprint density at radius 2 is 1.78 bits per heavy atom. The molecule has 0 radical (unpaired) electrons. The number of hydrogen-bond donors (Lipinski definition) is 2. The fourth-order valence-electron chi connectivity index (χ4n) is 2.52. The van der Waals surface area contributed by atoms with Gasteiger partial charge in [-0.1, -0.05) is 20.8 Å². The summed E-state index contributed by atoms with van der Waals surface area (Å²) in [5.41, 5.74) is 0.114. The van der Waals surface area contributed by atoms with Crippen LogP contribution in [-0.4, -0.2) is 61.3 Å². The maximum absolute atomic E-state index is 11.8. The molecule has 0 aliphatic carbocycles. The van der Waals surface area contributed by atoms with E-state index in [4.69, 9.17) is 0 Å². The van der Waals surface area contributed by atoms with Gasteiger partial charge in [-0.15, -0.1) is 0 Å². The Morgan fingerprint density at radius 1 is 1.17 bits per heavy atom. The summed E-state index contributed by atoms with van der Waals surface area (Å²) >= 11 is 0. The van der Waals surface area contributed by atoms with Crippen molar-refractivity contribution < 1.29 is 4.79 Å². The van der Waals surface area contributed by atoms with Crippen LogP contribution in [0, 0.1) is 5.41 Å². The molecule has 2 saturated heterocycles. The second-order valence-corrected chi connectivity index (χ2v) is 6.60. The molecule has 2 atom stereocenters. The minimum Gasteiger partial charge on any atom is -0.328 e. The van der Waals surface area contributed by atoms with Gasteiger partial charge in [-0.2, -0.15) is 0 Å². The quantitative estimate of drug-likeness (QED) is 0.694. The zero-order valence-corrected chi connectivity index (χ0v) is 12.0. The lowest BCUT2D eigenvalue weighted by atomic mass is 9.83. The molecule has 0 bridgehead atoms. The topological polar surface area (TPSA) is 47.6 Å². The molecule has 2 rings (SSSR count). The van der Waals surface area contributed by atoms with E-state index in [1.54, 1.807) is 0 Å². The van der Waals surface area contributed by atoms with Gasteiger partial charge in [-0.05, 0) is 12.5 Å². The Kier molecular flexibility index (Phi) is 3.94. The zero-order chi connectivity index (χ0) is 13.3. The minimum absolute atomic E-state index is 0.00387. The van der Waals surface area contributed by atoms with Crippen molar-refractivity contribution in [2.24, 2.45) is 5.41 Å². The predicted molar refractivity (Wildman–Crippen MR) is 72.0 cm³/mol. The first-order valence-electron chi connectivity index (χ1n) is 6.84. The lowest BCUT2D eigenvalue weighted by Gasteiger charge is -2.45. The van der Waals surface area contributed by atoms with Crippen molar-refractivity contribution in [1.82, 2.24) is 20.4 Å². The number of likely N-dealkylation sites (N-methyl/N-ethyl adjacent to an activating group) is 1. The van der Waals surface area contributed by atoms with Crippen LogP contribution in [0.1, 0.15) is 27.2 Å². The summed E-state index contributed by atoms with van der Waals surface area (Å²) in [6.45, 7) is 10.7. The van der Waals surface area contributed by atoms with Crippen LogP contribution in [0.2, 0.25) is 0 Å². The van der Waals surface area contributed by atoms with Gasteiger partial charge in [-0.25, -0.2) is 0 Å². The normalized spacial score (nSPS) is 32.3. The fraction of sp³-hybridized carbons (Fsp3) is 0.923. The Hall–Kier alpha value is -0.650. The molecule has 18 heavy (non-hydrogen) atoms. The van der Waals surface area contributed by atoms with Crippen LogP contribution in [0.15, 0.2) is 0 Å². The molecule has 2 heterocycles. The monoisotopic (exact) mass is 254 g/mol. The van der Waals surface area contributed by atoms with Gasteiger partial charge in [0.05, 0.1) is 0 Å². The molecular formula is C13H26N4O. The average molecular weight is 254 g/mol. The summed E-state index contributed by atoms with van der Waals surface area (Å²) in [5, 5.41) is 6.64. The zero-order valence-electron chi connectivity index (χ0n) is 12.0. The van der Waals surface area contributed by atoms with Gasteiger partial charge in [0.25, 0.3) is 0 Å². The highest BCUT2D eigenvalue weighted by molar-refractivity contribution is 5.77. The molecule has 0 saturated carbocycles.